The van der Waals surface area contributed by atoms with Gasteiger partial charge in [0.05, 0.1) is 21.9 Å². The van der Waals surface area contributed by atoms with Gasteiger partial charge < -0.3 is 5.32 Å². The standard InChI is InChI=1S/C12H9BrCl2N2/c13-11-5-4-9(7-17-11)16-6-8-2-1-3-10(14)12(8)15/h1-5,7,16H,6H2. The Morgan fingerprint density at radius 2 is 2.00 bits per heavy atom. The van der Waals surface area contributed by atoms with Crippen molar-refractivity contribution in [2.24, 2.45) is 0 Å². The number of pyridine rings is 1. The Balaban J connectivity index is 2.07. The van der Waals surface area contributed by atoms with Gasteiger partial charge in [-0.05, 0) is 39.7 Å². The normalized spacial score (nSPS) is 10.3. The minimum Gasteiger partial charge on any atom is -0.380 e. The lowest BCUT2D eigenvalue weighted by atomic mass is 10.2. The lowest BCUT2D eigenvalue weighted by Crippen LogP contribution is -2.00. The molecule has 0 saturated heterocycles. The summed E-state index contributed by atoms with van der Waals surface area (Å²) in [6, 6.07) is 9.41. The van der Waals surface area contributed by atoms with Crippen molar-refractivity contribution in [1.29, 1.82) is 0 Å². The molecule has 0 aliphatic carbocycles. The van der Waals surface area contributed by atoms with E-state index in [-0.39, 0.29) is 0 Å². The molecule has 1 aromatic heterocycles. The Hall–Kier alpha value is -0.770. The van der Waals surface area contributed by atoms with Crippen molar-refractivity contribution < 1.29 is 0 Å². The molecule has 0 fully saturated rings. The van der Waals surface area contributed by atoms with Crippen LogP contribution in [0.2, 0.25) is 10.0 Å². The molecule has 1 heterocycles. The number of rotatable bonds is 3. The third-order valence-corrected chi connectivity index (χ3v) is 3.57. The fourth-order valence-electron chi connectivity index (χ4n) is 1.36. The summed E-state index contributed by atoms with van der Waals surface area (Å²) in [6.45, 7) is 0.614. The predicted molar refractivity (Wildman–Crippen MR) is 75.7 cm³/mol. The average molecular weight is 332 g/mol. The van der Waals surface area contributed by atoms with Gasteiger partial charge in [-0.1, -0.05) is 35.3 Å². The maximum Gasteiger partial charge on any atom is 0.106 e. The molecule has 88 valence electrons. The van der Waals surface area contributed by atoms with E-state index in [1.54, 1.807) is 12.3 Å². The molecule has 17 heavy (non-hydrogen) atoms. The Bertz CT molecular complexity index is 514. The maximum atomic E-state index is 6.09. The molecule has 2 rings (SSSR count). The Labute approximate surface area is 118 Å². The number of halogens is 3. The second-order valence-corrected chi connectivity index (χ2v) is 5.03. The SMILES string of the molecule is Clc1cccc(CNc2ccc(Br)nc2)c1Cl. The van der Waals surface area contributed by atoms with E-state index in [2.05, 4.69) is 26.2 Å². The van der Waals surface area contributed by atoms with Crippen LogP contribution in [-0.2, 0) is 6.54 Å². The quantitative estimate of drug-likeness (QED) is 0.820. The smallest absolute Gasteiger partial charge is 0.106 e. The van der Waals surface area contributed by atoms with E-state index < -0.39 is 0 Å². The van der Waals surface area contributed by atoms with Crippen LogP contribution in [0.15, 0.2) is 41.1 Å². The minimum absolute atomic E-state index is 0.569. The van der Waals surface area contributed by atoms with Gasteiger partial charge in [-0.25, -0.2) is 4.98 Å². The topological polar surface area (TPSA) is 24.9 Å². The molecule has 2 aromatic rings. The van der Waals surface area contributed by atoms with Gasteiger partial charge in [0.15, 0.2) is 0 Å². The van der Waals surface area contributed by atoms with E-state index in [1.807, 2.05) is 24.3 Å². The van der Waals surface area contributed by atoms with Crippen molar-refractivity contribution >= 4 is 44.8 Å². The van der Waals surface area contributed by atoms with Crippen molar-refractivity contribution in [3.63, 3.8) is 0 Å². The van der Waals surface area contributed by atoms with E-state index >= 15 is 0 Å². The minimum atomic E-state index is 0.569. The van der Waals surface area contributed by atoms with E-state index in [4.69, 9.17) is 23.2 Å². The van der Waals surface area contributed by atoms with Gasteiger partial charge in [0, 0.05) is 6.54 Å². The highest BCUT2D eigenvalue weighted by Crippen LogP contribution is 2.26. The van der Waals surface area contributed by atoms with Crippen LogP contribution in [0.5, 0.6) is 0 Å². The summed E-state index contributed by atoms with van der Waals surface area (Å²) < 4.78 is 0.809. The zero-order valence-corrected chi connectivity index (χ0v) is 11.9. The molecule has 1 aromatic carbocycles. The second kappa shape index (κ2) is 5.71. The van der Waals surface area contributed by atoms with Crippen LogP contribution >= 0.6 is 39.1 Å². The molecule has 0 unspecified atom stereocenters. The summed E-state index contributed by atoms with van der Waals surface area (Å²) in [5.74, 6) is 0. The van der Waals surface area contributed by atoms with Crippen LogP contribution in [0, 0.1) is 0 Å². The van der Waals surface area contributed by atoms with Crippen molar-refractivity contribution in [3.8, 4) is 0 Å². The highest BCUT2D eigenvalue weighted by atomic mass is 79.9. The van der Waals surface area contributed by atoms with Crippen molar-refractivity contribution in [3.05, 3.63) is 56.7 Å². The highest BCUT2D eigenvalue weighted by molar-refractivity contribution is 9.10. The Kier molecular flexibility index (Phi) is 4.26. The number of anilines is 1. The van der Waals surface area contributed by atoms with Crippen molar-refractivity contribution in [2.45, 2.75) is 6.54 Å². The first-order chi connectivity index (χ1) is 8.16. The Morgan fingerprint density at radius 1 is 1.18 bits per heavy atom. The summed E-state index contributed by atoms with van der Waals surface area (Å²) in [6.07, 6.45) is 1.75. The average Bonchev–Trinajstić information content (AvgIpc) is 2.33. The molecule has 0 spiro atoms. The van der Waals surface area contributed by atoms with Crippen LogP contribution in [-0.4, -0.2) is 4.98 Å². The maximum absolute atomic E-state index is 6.09. The van der Waals surface area contributed by atoms with Crippen molar-refractivity contribution in [2.75, 3.05) is 5.32 Å². The van der Waals surface area contributed by atoms with Crippen molar-refractivity contribution in [1.82, 2.24) is 4.98 Å². The number of benzene rings is 1. The number of hydrogen-bond donors (Lipinski definition) is 1. The number of aromatic nitrogens is 1. The van der Waals surface area contributed by atoms with Crippen LogP contribution in [0.3, 0.4) is 0 Å². The van der Waals surface area contributed by atoms with Gasteiger partial charge in [-0.3, -0.25) is 0 Å². The third-order valence-electron chi connectivity index (χ3n) is 2.24. The molecular formula is C12H9BrCl2N2. The van der Waals surface area contributed by atoms with Crippen LogP contribution < -0.4 is 5.32 Å². The van der Waals surface area contributed by atoms with E-state index in [1.165, 1.54) is 0 Å². The van der Waals surface area contributed by atoms with E-state index in [9.17, 15) is 0 Å². The first-order valence-electron chi connectivity index (χ1n) is 4.95. The summed E-state index contributed by atoms with van der Waals surface area (Å²) in [4.78, 5) is 4.13. The molecule has 0 radical (unpaired) electrons. The van der Waals surface area contributed by atoms with Crippen LogP contribution in [0.4, 0.5) is 5.69 Å². The third kappa shape index (κ3) is 3.35. The molecular weight excluding hydrogens is 323 g/mol. The molecule has 5 heteroatoms. The largest absolute Gasteiger partial charge is 0.380 e. The summed E-state index contributed by atoms with van der Waals surface area (Å²) in [5.41, 5.74) is 1.89. The molecule has 2 nitrogen and oxygen atoms in total. The second-order valence-electron chi connectivity index (χ2n) is 3.44. The molecule has 0 aliphatic heterocycles. The molecule has 0 amide bonds. The summed E-state index contributed by atoms with van der Waals surface area (Å²) in [5, 5.41) is 4.39. The molecule has 0 aliphatic rings. The highest BCUT2D eigenvalue weighted by Gasteiger charge is 2.03. The van der Waals surface area contributed by atoms with Crippen LogP contribution in [0.25, 0.3) is 0 Å². The summed E-state index contributed by atoms with van der Waals surface area (Å²) in [7, 11) is 0. The van der Waals surface area contributed by atoms with Gasteiger partial charge in [0.2, 0.25) is 0 Å². The fourth-order valence-corrected chi connectivity index (χ4v) is 1.98. The molecule has 0 atom stereocenters. The number of hydrogen-bond acceptors (Lipinski definition) is 2. The molecule has 0 bridgehead atoms. The number of nitrogens with one attached hydrogen (secondary N) is 1. The van der Waals surface area contributed by atoms with E-state index in [0.29, 0.717) is 16.6 Å². The van der Waals surface area contributed by atoms with Gasteiger partial charge >= 0.3 is 0 Å². The van der Waals surface area contributed by atoms with Crippen LogP contribution in [0.1, 0.15) is 5.56 Å². The zero-order chi connectivity index (χ0) is 12.3. The zero-order valence-electron chi connectivity index (χ0n) is 8.75. The molecule has 0 saturated carbocycles. The van der Waals surface area contributed by atoms with Gasteiger partial charge in [-0.15, -0.1) is 0 Å². The van der Waals surface area contributed by atoms with Gasteiger partial charge in [-0.2, -0.15) is 0 Å². The van der Waals surface area contributed by atoms with E-state index in [0.717, 1.165) is 15.9 Å². The molecule has 1 N–H and O–H groups in total. The van der Waals surface area contributed by atoms with Gasteiger partial charge in [0.1, 0.15) is 4.60 Å². The van der Waals surface area contributed by atoms with Gasteiger partial charge in [0.25, 0.3) is 0 Å². The lowest BCUT2D eigenvalue weighted by molar-refractivity contribution is 1.13. The predicted octanol–water partition coefficient (Wildman–Crippen LogP) is 4.76. The number of nitrogens with zero attached hydrogens (tertiary/aromatic N) is 1. The lowest BCUT2D eigenvalue weighted by Gasteiger charge is -2.08. The monoisotopic (exact) mass is 330 g/mol. The first-order valence-corrected chi connectivity index (χ1v) is 6.50. The Morgan fingerprint density at radius 3 is 2.71 bits per heavy atom. The summed E-state index contributed by atoms with van der Waals surface area (Å²) >= 11 is 15.3. The fraction of sp³-hybridized carbons (Fsp3) is 0.0833. The first kappa shape index (κ1) is 12.7.